The van der Waals surface area contributed by atoms with Crippen molar-refractivity contribution in [3.8, 4) is 17.2 Å². The van der Waals surface area contributed by atoms with Gasteiger partial charge in [0.2, 0.25) is 0 Å². The third-order valence-corrected chi connectivity index (χ3v) is 8.77. The first-order valence-corrected chi connectivity index (χ1v) is 14.3. The molecule has 218 valence electrons. The van der Waals surface area contributed by atoms with Crippen molar-refractivity contribution in [2.45, 2.75) is 44.4 Å². The van der Waals surface area contributed by atoms with E-state index < -0.39 is 30.7 Å². The number of halogens is 2. The quantitative estimate of drug-likeness (QED) is 0.108. The Morgan fingerprint density at radius 1 is 0.805 bits per heavy atom. The van der Waals surface area contributed by atoms with Gasteiger partial charge in [-0.05, 0) is 59.5 Å². The van der Waals surface area contributed by atoms with Gasteiger partial charge >= 0.3 is 11.9 Å². The molecule has 0 amide bonds. The van der Waals surface area contributed by atoms with Crippen molar-refractivity contribution in [1.29, 1.82) is 0 Å². The number of hydrogen-bond acceptors (Lipinski definition) is 8. The van der Waals surface area contributed by atoms with Gasteiger partial charge in [-0.2, -0.15) is 0 Å². The number of methoxy groups -OCH3 is 2. The largest absolute Gasteiger partial charge is 0.496 e. The number of ether oxygens (including phenoxy) is 3. The van der Waals surface area contributed by atoms with Crippen LogP contribution in [-0.4, -0.2) is 48.8 Å². The smallest absolute Gasteiger partial charge is 0.303 e. The predicted octanol–water partition coefficient (Wildman–Crippen LogP) is 7.15. The molecule has 0 bridgehead atoms. The summed E-state index contributed by atoms with van der Waals surface area (Å²) in [6, 6.07) is 10.2. The summed E-state index contributed by atoms with van der Waals surface area (Å²) < 4.78 is 47.5. The number of benzene rings is 2. The number of ketones is 1. The highest BCUT2D eigenvalue weighted by Gasteiger charge is 2.34. The monoisotopic (exact) mass is 606 g/mol. The van der Waals surface area contributed by atoms with Gasteiger partial charge in [-0.3, -0.25) is 14.4 Å². The molecule has 12 heteroatoms. The van der Waals surface area contributed by atoms with E-state index in [1.54, 1.807) is 24.3 Å². The minimum atomic E-state index is -3.24. The summed E-state index contributed by atoms with van der Waals surface area (Å²) >= 11 is 2.19. The Bertz CT molecular complexity index is 1590. The number of thiophene rings is 2. The van der Waals surface area contributed by atoms with Crippen LogP contribution in [0.15, 0.2) is 36.4 Å². The second kappa shape index (κ2) is 12.8. The van der Waals surface area contributed by atoms with Crippen LogP contribution in [0.1, 0.15) is 52.2 Å². The molecule has 0 aliphatic rings. The van der Waals surface area contributed by atoms with Gasteiger partial charge in [-0.25, -0.2) is 8.78 Å². The zero-order chi connectivity index (χ0) is 29.7. The predicted molar refractivity (Wildman–Crippen MR) is 153 cm³/mol. The number of carboxylic acids is 2. The zero-order valence-corrected chi connectivity index (χ0v) is 24.0. The average Bonchev–Trinajstić information content (AvgIpc) is 3.55. The number of carbonyl (C=O) groups excluding carboxylic acids is 1. The summed E-state index contributed by atoms with van der Waals surface area (Å²) in [5.74, 6) is -4.20. The van der Waals surface area contributed by atoms with Crippen molar-refractivity contribution in [1.82, 2.24) is 0 Å². The molecule has 0 saturated heterocycles. The summed E-state index contributed by atoms with van der Waals surface area (Å²) in [6.07, 6.45) is -0.553. The minimum Gasteiger partial charge on any atom is -0.496 e. The van der Waals surface area contributed by atoms with Crippen LogP contribution in [0.4, 0.5) is 8.78 Å². The Kier molecular flexibility index (Phi) is 9.44. The van der Waals surface area contributed by atoms with Crippen molar-refractivity contribution in [3.05, 3.63) is 51.7 Å². The highest BCUT2D eigenvalue weighted by atomic mass is 32.1. The van der Waals surface area contributed by atoms with Crippen molar-refractivity contribution in [2.24, 2.45) is 0 Å². The van der Waals surface area contributed by atoms with E-state index in [0.717, 1.165) is 27.0 Å². The maximum absolute atomic E-state index is 14.6. The normalized spacial score (nSPS) is 11.6. The van der Waals surface area contributed by atoms with Crippen molar-refractivity contribution < 1.29 is 47.6 Å². The van der Waals surface area contributed by atoms with Crippen molar-refractivity contribution in [2.75, 3.05) is 20.8 Å². The minimum absolute atomic E-state index is 0.0717. The maximum Gasteiger partial charge on any atom is 0.303 e. The molecule has 0 saturated carbocycles. The molecule has 2 aromatic carbocycles. The van der Waals surface area contributed by atoms with E-state index in [1.807, 2.05) is 6.07 Å². The van der Waals surface area contributed by atoms with Crippen LogP contribution in [0.25, 0.3) is 20.2 Å². The topological polar surface area (TPSA) is 119 Å². The lowest BCUT2D eigenvalue weighted by molar-refractivity contribution is -0.139. The summed E-state index contributed by atoms with van der Waals surface area (Å²) in [5, 5.41) is 19.0. The Hall–Kier alpha value is -3.77. The lowest BCUT2D eigenvalue weighted by Crippen LogP contribution is -2.13. The molecule has 0 radical (unpaired) electrons. The van der Waals surface area contributed by atoms with Crippen LogP contribution in [-0.2, 0) is 21.9 Å². The molecule has 4 aromatic rings. The highest BCUT2D eigenvalue weighted by molar-refractivity contribution is 7.21. The van der Waals surface area contributed by atoms with Gasteiger partial charge in [0, 0.05) is 28.3 Å². The van der Waals surface area contributed by atoms with Gasteiger partial charge in [-0.15, -0.1) is 22.7 Å². The van der Waals surface area contributed by atoms with Crippen LogP contribution in [0.2, 0.25) is 0 Å². The molecular weight excluding hydrogens is 578 g/mol. The number of rotatable bonds is 15. The molecule has 0 atom stereocenters. The Balaban J connectivity index is 1.44. The Labute approximate surface area is 242 Å². The first-order chi connectivity index (χ1) is 19.5. The fourth-order valence-corrected chi connectivity index (χ4v) is 6.43. The third kappa shape index (κ3) is 7.31. The average molecular weight is 607 g/mol. The number of alkyl halides is 2. The number of aryl methyl sites for hydroxylation is 1. The maximum atomic E-state index is 14.6. The van der Waals surface area contributed by atoms with Gasteiger partial charge in [-0.1, -0.05) is 0 Å². The molecule has 0 aliphatic carbocycles. The van der Waals surface area contributed by atoms with Crippen molar-refractivity contribution in [3.63, 3.8) is 0 Å². The Morgan fingerprint density at radius 2 is 1.46 bits per heavy atom. The molecule has 4 rings (SSSR count). The van der Waals surface area contributed by atoms with Crippen molar-refractivity contribution >= 4 is 60.6 Å². The van der Waals surface area contributed by atoms with Crippen LogP contribution >= 0.6 is 22.7 Å². The van der Waals surface area contributed by atoms with Crippen LogP contribution < -0.4 is 14.2 Å². The number of aliphatic carboxylic acids is 2. The molecule has 0 fully saturated rings. The van der Waals surface area contributed by atoms with E-state index in [1.165, 1.54) is 31.6 Å². The highest BCUT2D eigenvalue weighted by Crippen LogP contribution is 2.42. The lowest BCUT2D eigenvalue weighted by Gasteiger charge is -2.12. The van der Waals surface area contributed by atoms with Gasteiger partial charge in [0.25, 0.3) is 5.92 Å². The number of Topliss-reactive ketones (excluding diaryl/α,β-unsaturated/α-hetero) is 1. The fourth-order valence-electron chi connectivity index (χ4n) is 4.31. The number of carbonyl (C=O) groups is 3. The second-order valence-electron chi connectivity index (χ2n) is 9.33. The summed E-state index contributed by atoms with van der Waals surface area (Å²) in [5.41, 5.74) is 0.826. The lowest BCUT2D eigenvalue weighted by atomic mass is 10.1. The van der Waals surface area contributed by atoms with E-state index in [0.29, 0.717) is 51.7 Å². The molecule has 0 aliphatic heterocycles. The van der Waals surface area contributed by atoms with Gasteiger partial charge in [0.15, 0.2) is 17.3 Å². The molecule has 8 nitrogen and oxygen atoms in total. The molecule has 2 aromatic heterocycles. The molecule has 0 unspecified atom stereocenters. The molecule has 41 heavy (non-hydrogen) atoms. The number of fused-ring (bicyclic) bond motifs is 2. The van der Waals surface area contributed by atoms with Gasteiger partial charge in [0.1, 0.15) is 5.75 Å². The number of hydrogen-bond donors (Lipinski definition) is 2. The first kappa shape index (κ1) is 30.2. The summed E-state index contributed by atoms with van der Waals surface area (Å²) in [4.78, 5) is 34.2. The molecule has 2 N–H and O–H groups in total. The standard InChI is InChI=1S/C29H28F2O8S2/c1-37-20-14-24-17(13-26(41-24)29(30,31)8-7-28(35)36)10-16(20)4-3-9-39-22-15-23-18(11-21(22)38-2)12-25(40-23)19(32)5-6-27(33)34/h10-15H,3-9H2,1-2H3,(H,33,34)(H,35,36). The van der Waals surface area contributed by atoms with Gasteiger partial charge in [0.05, 0.1) is 43.4 Å². The van der Waals surface area contributed by atoms with Crippen LogP contribution in [0, 0.1) is 0 Å². The SMILES string of the molecule is COc1cc2sc(C(F)(F)CCC(=O)O)cc2cc1CCCOc1cc2sc(C(=O)CCC(=O)O)cc2cc1OC. The van der Waals surface area contributed by atoms with Crippen LogP contribution in [0.5, 0.6) is 17.2 Å². The summed E-state index contributed by atoms with van der Waals surface area (Å²) in [6.45, 7) is 0.320. The van der Waals surface area contributed by atoms with E-state index in [2.05, 4.69) is 0 Å². The molecular formula is C29H28F2O8S2. The number of carboxylic acid groups (broad SMARTS) is 2. The van der Waals surface area contributed by atoms with E-state index in [4.69, 9.17) is 24.4 Å². The molecule has 2 heterocycles. The van der Waals surface area contributed by atoms with E-state index >= 15 is 0 Å². The molecule has 0 spiro atoms. The van der Waals surface area contributed by atoms with Gasteiger partial charge < -0.3 is 24.4 Å². The van der Waals surface area contributed by atoms with E-state index in [-0.39, 0.29) is 23.5 Å². The van der Waals surface area contributed by atoms with Crippen LogP contribution in [0.3, 0.4) is 0 Å². The first-order valence-electron chi connectivity index (χ1n) is 12.7. The third-order valence-electron chi connectivity index (χ3n) is 6.42. The Morgan fingerprint density at radius 3 is 2.15 bits per heavy atom. The second-order valence-corrected chi connectivity index (χ2v) is 11.5. The van der Waals surface area contributed by atoms with E-state index in [9.17, 15) is 23.2 Å². The zero-order valence-electron chi connectivity index (χ0n) is 22.3. The summed E-state index contributed by atoms with van der Waals surface area (Å²) in [7, 11) is 3.03. The fraction of sp³-hybridized carbons (Fsp3) is 0.345.